The topological polar surface area (TPSA) is 20.3 Å². The summed E-state index contributed by atoms with van der Waals surface area (Å²) < 4.78 is 38.3. The predicted octanol–water partition coefficient (Wildman–Crippen LogP) is 3.58. The van der Waals surface area contributed by atoms with Crippen LogP contribution in [-0.2, 0) is 6.18 Å². The van der Waals surface area contributed by atoms with E-state index in [1.165, 1.54) is 30.1 Å². The zero-order valence-corrected chi connectivity index (χ0v) is 10.4. The van der Waals surface area contributed by atoms with Gasteiger partial charge < -0.3 is 4.90 Å². The molecule has 1 aromatic carbocycles. The molecule has 0 bridgehead atoms. The van der Waals surface area contributed by atoms with Crippen LogP contribution in [0.5, 0.6) is 0 Å². The summed E-state index contributed by atoms with van der Waals surface area (Å²) in [5.74, 6) is -0.587. The minimum atomic E-state index is -4.50. The van der Waals surface area contributed by atoms with Crippen LogP contribution in [0, 0.1) is 0 Å². The van der Waals surface area contributed by atoms with Crippen LogP contribution in [0.3, 0.4) is 0 Å². The van der Waals surface area contributed by atoms with E-state index in [1.807, 2.05) is 6.92 Å². The molecule has 0 heterocycles. The van der Waals surface area contributed by atoms with Gasteiger partial charge in [0, 0.05) is 13.6 Å². The Kier molecular flexibility index (Phi) is 4.76. The van der Waals surface area contributed by atoms with Crippen LogP contribution in [0.2, 0.25) is 0 Å². The second-order valence-electron chi connectivity index (χ2n) is 4.12. The summed E-state index contributed by atoms with van der Waals surface area (Å²) in [4.78, 5) is 13.3. The number of rotatable bonds is 4. The molecule has 5 heteroatoms. The molecule has 18 heavy (non-hydrogen) atoms. The third-order valence-electron chi connectivity index (χ3n) is 2.66. The predicted molar refractivity (Wildman–Crippen MR) is 63.3 cm³/mol. The molecule has 0 aliphatic rings. The molecule has 100 valence electrons. The van der Waals surface area contributed by atoms with Crippen LogP contribution < -0.4 is 0 Å². The molecule has 1 amide bonds. The van der Waals surface area contributed by atoms with Gasteiger partial charge in [-0.15, -0.1) is 0 Å². The van der Waals surface area contributed by atoms with Crippen LogP contribution in [-0.4, -0.2) is 24.4 Å². The third-order valence-corrected chi connectivity index (χ3v) is 2.66. The first-order valence-electron chi connectivity index (χ1n) is 5.79. The summed E-state index contributed by atoms with van der Waals surface area (Å²) in [6.07, 6.45) is -2.84. The molecule has 0 radical (unpaired) electrons. The molecule has 0 aromatic heterocycles. The van der Waals surface area contributed by atoms with E-state index in [0.29, 0.717) is 6.54 Å². The zero-order chi connectivity index (χ0) is 13.8. The van der Waals surface area contributed by atoms with E-state index >= 15 is 0 Å². The van der Waals surface area contributed by atoms with Crippen LogP contribution in [0.4, 0.5) is 13.2 Å². The van der Waals surface area contributed by atoms with E-state index in [4.69, 9.17) is 0 Å². The van der Waals surface area contributed by atoms with Gasteiger partial charge in [0.25, 0.3) is 5.91 Å². The molecule has 0 aliphatic carbocycles. The van der Waals surface area contributed by atoms with Gasteiger partial charge in [-0.25, -0.2) is 0 Å². The summed E-state index contributed by atoms with van der Waals surface area (Å²) in [7, 11) is 1.52. The quantitative estimate of drug-likeness (QED) is 0.809. The standard InChI is InChI=1S/C13H16F3NO/c1-3-4-9-17(2)12(18)10-7-5-6-8-11(10)13(14,15)16/h5-8H,3-4,9H2,1-2H3. The van der Waals surface area contributed by atoms with Gasteiger partial charge in [-0.2, -0.15) is 13.2 Å². The summed E-state index contributed by atoms with van der Waals surface area (Å²) in [6.45, 7) is 2.42. The molecule has 1 aromatic rings. The maximum atomic E-state index is 12.8. The van der Waals surface area contributed by atoms with Crippen molar-refractivity contribution in [1.82, 2.24) is 4.90 Å². The van der Waals surface area contributed by atoms with E-state index < -0.39 is 17.6 Å². The minimum Gasteiger partial charge on any atom is -0.342 e. The van der Waals surface area contributed by atoms with Crippen molar-refractivity contribution in [2.75, 3.05) is 13.6 Å². The second kappa shape index (κ2) is 5.89. The normalized spacial score (nSPS) is 11.4. The molecule has 0 aliphatic heterocycles. The lowest BCUT2D eigenvalue weighted by molar-refractivity contribution is -0.138. The molecule has 2 nitrogen and oxygen atoms in total. The number of carbonyl (C=O) groups excluding carboxylic acids is 1. The lowest BCUT2D eigenvalue weighted by Crippen LogP contribution is -2.29. The Morgan fingerprint density at radius 2 is 1.89 bits per heavy atom. The lowest BCUT2D eigenvalue weighted by Gasteiger charge is -2.19. The van der Waals surface area contributed by atoms with Gasteiger partial charge in [0.1, 0.15) is 0 Å². The molecule has 0 spiro atoms. The highest BCUT2D eigenvalue weighted by Gasteiger charge is 2.35. The maximum absolute atomic E-state index is 12.8. The van der Waals surface area contributed by atoms with Crippen LogP contribution in [0.15, 0.2) is 24.3 Å². The van der Waals surface area contributed by atoms with Crippen molar-refractivity contribution in [2.24, 2.45) is 0 Å². The van der Waals surface area contributed by atoms with Crippen LogP contribution in [0.1, 0.15) is 35.7 Å². The first kappa shape index (κ1) is 14.5. The van der Waals surface area contributed by atoms with Gasteiger partial charge in [-0.3, -0.25) is 4.79 Å². The van der Waals surface area contributed by atoms with Gasteiger partial charge >= 0.3 is 6.18 Å². The first-order chi connectivity index (χ1) is 8.38. The zero-order valence-electron chi connectivity index (χ0n) is 10.4. The Balaban J connectivity index is 2.99. The van der Waals surface area contributed by atoms with Crippen molar-refractivity contribution in [3.8, 4) is 0 Å². The second-order valence-corrected chi connectivity index (χ2v) is 4.12. The minimum absolute atomic E-state index is 0.288. The van der Waals surface area contributed by atoms with Crippen LogP contribution in [0.25, 0.3) is 0 Å². The number of carbonyl (C=O) groups is 1. The fourth-order valence-electron chi connectivity index (χ4n) is 1.62. The fraction of sp³-hybridized carbons (Fsp3) is 0.462. The Bertz CT molecular complexity index is 415. The average molecular weight is 259 g/mol. The highest BCUT2D eigenvalue weighted by molar-refractivity contribution is 5.95. The number of halogens is 3. The summed E-state index contributed by atoms with van der Waals surface area (Å²) in [5, 5.41) is 0. The Morgan fingerprint density at radius 1 is 1.28 bits per heavy atom. The number of unbranched alkanes of at least 4 members (excludes halogenated alkanes) is 1. The molecular weight excluding hydrogens is 243 g/mol. The van der Waals surface area contributed by atoms with E-state index in [2.05, 4.69) is 0 Å². The summed E-state index contributed by atoms with van der Waals surface area (Å²) in [6, 6.07) is 4.87. The molecule has 0 saturated carbocycles. The van der Waals surface area contributed by atoms with E-state index in [-0.39, 0.29) is 5.56 Å². The van der Waals surface area contributed by atoms with Crippen molar-refractivity contribution in [3.63, 3.8) is 0 Å². The third kappa shape index (κ3) is 3.48. The average Bonchev–Trinajstić information content (AvgIpc) is 2.34. The Morgan fingerprint density at radius 3 is 2.44 bits per heavy atom. The molecule has 0 saturated heterocycles. The van der Waals surface area contributed by atoms with Crippen molar-refractivity contribution in [3.05, 3.63) is 35.4 Å². The van der Waals surface area contributed by atoms with Crippen molar-refractivity contribution in [2.45, 2.75) is 25.9 Å². The highest BCUT2D eigenvalue weighted by Crippen LogP contribution is 2.32. The summed E-state index contributed by atoms with van der Waals surface area (Å²) in [5.41, 5.74) is -1.16. The molecule has 1 rings (SSSR count). The molecule has 0 atom stereocenters. The van der Waals surface area contributed by atoms with E-state index in [0.717, 1.165) is 18.9 Å². The number of alkyl halides is 3. The maximum Gasteiger partial charge on any atom is 0.417 e. The SMILES string of the molecule is CCCCN(C)C(=O)c1ccccc1C(F)(F)F. The largest absolute Gasteiger partial charge is 0.417 e. The molecular formula is C13H16F3NO. The molecule has 0 fully saturated rings. The Labute approximate surface area is 104 Å². The van der Waals surface area contributed by atoms with Gasteiger partial charge in [0.05, 0.1) is 11.1 Å². The van der Waals surface area contributed by atoms with Gasteiger partial charge in [-0.05, 0) is 18.6 Å². The lowest BCUT2D eigenvalue weighted by atomic mass is 10.1. The molecule has 0 unspecified atom stereocenters. The number of benzene rings is 1. The number of hydrogen-bond donors (Lipinski definition) is 0. The molecule has 0 N–H and O–H groups in total. The monoisotopic (exact) mass is 259 g/mol. The number of nitrogens with zero attached hydrogens (tertiary/aromatic N) is 1. The first-order valence-corrected chi connectivity index (χ1v) is 5.79. The van der Waals surface area contributed by atoms with Gasteiger partial charge in [0.2, 0.25) is 0 Å². The van der Waals surface area contributed by atoms with Crippen LogP contribution >= 0.6 is 0 Å². The van der Waals surface area contributed by atoms with E-state index in [1.54, 1.807) is 0 Å². The van der Waals surface area contributed by atoms with Crippen molar-refractivity contribution < 1.29 is 18.0 Å². The smallest absolute Gasteiger partial charge is 0.342 e. The summed E-state index contributed by atoms with van der Waals surface area (Å²) >= 11 is 0. The van der Waals surface area contributed by atoms with Crippen molar-refractivity contribution >= 4 is 5.91 Å². The van der Waals surface area contributed by atoms with Gasteiger partial charge in [0.15, 0.2) is 0 Å². The number of amides is 1. The highest BCUT2D eigenvalue weighted by atomic mass is 19.4. The fourth-order valence-corrected chi connectivity index (χ4v) is 1.62. The van der Waals surface area contributed by atoms with Gasteiger partial charge in [-0.1, -0.05) is 25.5 Å². The van der Waals surface area contributed by atoms with Crippen molar-refractivity contribution in [1.29, 1.82) is 0 Å². The van der Waals surface area contributed by atoms with E-state index in [9.17, 15) is 18.0 Å². The Hall–Kier alpha value is -1.52. The number of hydrogen-bond acceptors (Lipinski definition) is 1.